The summed E-state index contributed by atoms with van der Waals surface area (Å²) in [5, 5.41) is 29.1. The number of nitrogens with zero attached hydrogens (tertiary/aromatic N) is 1. The van der Waals surface area contributed by atoms with Crippen LogP contribution in [-0.2, 0) is 9.53 Å². The molecule has 1 heterocycles. The third-order valence-electron chi connectivity index (χ3n) is 5.08. The number of nitrogens with one attached hydrogen (secondary N) is 3. The average molecular weight is 610 g/mol. The molecule has 0 spiro atoms. The van der Waals surface area contributed by atoms with E-state index < -0.39 is 24.3 Å². The van der Waals surface area contributed by atoms with Crippen molar-refractivity contribution >= 4 is 40.8 Å². The number of carbonyl (C=O) groups is 2. The summed E-state index contributed by atoms with van der Waals surface area (Å²) in [4.78, 5) is 24.4. The van der Waals surface area contributed by atoms with Gasteiger partial charge in [-0.05, 0) is 77.9 Å². The number of hydrogen-bond acceptors (Lipinski definition) is 9. The number of aliphatic hydroxyl groups is 1. The predicted octanol–water partition coefficient (Wildman–Crippen LogP) is 2.52. The summed E-state index contributed by atoms with van der Waals surface area (Å²) in [6, 6.07) is 8.78. The van der Waals surface area contributed by atoms with Gasteiger partial charge in [0, 0.05) is 5.70 Å². The summed E-state index contributed by atoms with van der Waals surface area (Å²) in [6.07, 6.45) is 0.388. The number of phenols is 1. The molecule has 5 N–H and O–H groups in total. The number of carbonyl (C=O) groups excluding carboxylic acids is 2. The number of allylic oxidation sites excluding steroid dienone is 1. The Bertz CT molecular complexity index is 1190. The first kappa shape index (κ1) is 27.1. The minimum absolute atomic E-state index is 0.139. The normalized spacial score (nSPS) is 16.2. The second-order valence-electron chi connectivity index (χ2n) is 7.63. The predicted molar refractivity (Wildman–Crippen MR) is 140 cm³/mol. The summed E-state index contributed by atoms with van der Waals surface area (Å²) < 4.78 is 17.0. The number of halogens is 1. The number of methoxy groups -OCH3 is 1. The molecule has 0 bridgehead atoms. The molecule has 11 nitrogen and oxygen atoms in total. The lowest BCUT2D eigenvalue weighted by Gasteiger charge is -2.28. The molecule has 0 aliphatic carbocycles. The Labute approximate surface area is 221 Å². The molecule has 36 heavy (non-hydrogen) atoms. The number of hydrogen-bond donors (Lipinski definition) is 5. The maximum Gasteiger partial charge on any atom is 0.337 e. The summed E-state index contributed by atoms with van der Waals surface area (Å²) in [5.74, 6) is 0.346. The van der Waals surface area contributed by atoms with Gasteiger partial charge in [0.1, 0.15) is 12.4 Å². The summed E-state index contributed by atoms with van der Waals surface area (Å²) in [7, 11) is 1.27. The lowest BCUT2D eigenvalue weighted by molar-refractivity contribution is -0.136. The van der Waals surface area contributed by atoms with E-state index >= 15 is 0 Å². The highest BCUT2D eigenvalue weighted by Gasteiger charge is 2.32. The van der Waals surface area contributed by atoms with Crippen LogP contribution in [-0.4, -0.2) is 55.0 Å². The molecule has 2 aromatic carbocycles. The molecule has 0 fully saturated rings. The Balaban J connectivity index is 1.70. The molecule has 2 aromatic rings. The molecule has 2 atom stereocenters. The summed E-state index contributed by atoms with van der Waals surface area (Å²) in [5.41, 5.74) is 4.57. The number of urea groups is 1. The van der Waals surface area contributed by atoms with Gasteiger partial charge in [0.25, 0.3) is 0 Å². The standard InChI is InChI=1S/C24H27IN4O7/c1-4-35-19-10-15(22-21(23(32)34-3)13(2)27-24(33)28-22)6-8-18(19)36-12-20(31)29-26-11-14-5-7-17(30)16(25)9-14/h5-11,20,22,29-31H,4,12H2,1-3H3,(H2,27,28,33)/b26-11-/t20-,22-/m0/s1. The first-order valence-corrected chi connectivity index (χ1v) is 12.0. The van der Waals surface area contributed by atoms with Crippen LogP contribution < -0.4 is 25.5 Å². The van der Waals surface area contributed by atoms with Gasteiger partial charge in [0.05, 0.1) is 35.1 Å². The van der Waals surface area contributed by atoms with Gasteiger partial charge >= 0.3 is 12.0 Å². The van der Waals surface area contributed by atoms with Gasteiger partial charge in [0.2, 0.25) is 0 Å². The van der Waals surface area contributed by atoms with E-state index in [0.717, 1.165) is 5.56 Å². The molecular formula is C24H27IN4O7. The zero-order valence-corrected chi connectivity index (χ0v) is 22.0. The Morgan fingerprint density at radius 2 is 2.03 bits per heavy atom. The van der Waals surface area contributed by atoms with Crippen molar-refractivity contribution in [1.82, 2.24) is 16.1 Å². The van der Waals surface area contributed by atoms with Crippen molar-refractivity contribution < 1.29 is 34.0 Å². The van der Waals surface area contributed by atoms with E-state index in [1.165, 1.54) is 13.3 Å². The van der Waals surface area contributed by atoms with Gasteiger partial charge < -0.3 is 35.1 Å². The van der Waals surface area contributed by atoms with E-state index in [4.69, 9.17) is 14.2 Å². The van der Waals surface area contributed by atoms with Crippen LogP contribution >= 0.6 is 22.6 Å². The van der Waals surface area contributed by atoms with E-state index in [0.29, 0.717) is 32.9 Å². The van der Waals surface area contributed by atoms with Crippen molar-refractivity contribution in [2.45, 2.75) is 26.1 Å². The van der Waals surface area contributed by atoms with Crippen LogP contribution in [0.15, 0.2) is 52.8 Å². The van der Waals surface area contributed by atoms with Crippen molar-refractivity contribution in [3.8, 4) is 17.2 Å². The second kappa shape index (κ2) is 12.4. The molecular weight excluding hydrogens is 583 g/mol. The number of aromatic hydroxyl groups is 1. The molecule has 192 valence electrons. The molecule has 0 saturated carbocycles. The van der Waals surface area contributed by atoms with Crippen molar-refractivity contribution in [3.63, 3.8) is 0 Å². The minimum Gasteiger partial charge on any atom is -0.507 e. The molecule has 0 saturated heterocycles. The lowest BCUT2D eigenvalue weighted by Crippen LogP contribution is -2.45. The molecule has 0 aromatic heterocycles. The Morgan fingerprint density at radius 1 is 1.25 bits per heavy atom. The number of esters is 1. The topological polar surface area (TPSA) is 151 Å². The number of hydrazone groups is 1. The number of aliphatic hydroxyl groups excluding tert-OH is 1. The van der Waals surface area contributed by atoms with E-state index in [-0.39, 0.29) is 17.9 Å². The summed E-state index contributed by atoms with van der Waals surface area (Å²) >= 11 is 2.01. The van der Waals surface area contributed by atoms with Crippen LogP contribution in [0.1, 0.15) is 31.0 Å². The Kier molecular flexibility index (Phi) is 9.36. The fourth-order valence-corrected chi connectivity index (χ4v) is 3.96. The van der Waals surface area contributed by atoms with Crippen molar-refractivity contribution in [2.24, 2.45) is 5.10 Å². The Morgan fingerprint density at radius 3 is 2.72 bits per heavy atom. The summed E-state index contributed by atoms with van der Waals surface area (Å²) in [6.45, 7) is 3.63. The smallest absolute Gasteiger partial charge is 0.337 e. The molecule has 2 amide bonds. The van der Waals surface area contributed by atoms with Gasteiger partial charge in [-0.15, -0.1) is 0 Å². The zero-order valence-electron chi connectivity index (χ0n) is 19.9. The molecule has 0 unspecified atom stereocenters. The molecule has 1 aliphatic rings. The van der Waals surface area contributed by atoms with Gasteiger partial charge in [-0.3, -0.25) is 5.43 Å². The van der Waals surface area contributed by atoms with Crippen molar-refractivity contribution in [3.05, 3.63) is 62.4 Å². The van der Waals surface area contributed by atoms with Crippen LogP contribution in [0, 0.1) is 3.57 Å². The van der Waals surface area contributed by atoms with Crippen LogP contribution in [0.5, 0.6) is 17.2 Å². The molecule has 1 aliphatic heterocycles. The van der Waals surface area contributed by atoms with Gasteiger partial charge in [-0.2, -0.15) is 5.10 Å². The first-order valence-electron chi connectivity index (χ1n) is 10.9. The van der Waals surface area contributed by atoms with Crippen LogP contribution in [0.3, 0.4) is 0 Å². The first-order chi connectivity index (χ1) is 17.2. The number of rotatable bonds is 10. The van der Waals surface area contributed by atoms with Gasteiger partial charge in [0.15, 0.2) is 17.7 Å². The second-order valence-corrected chi connectivity index (χ2v) is 8.79. The van der Waals surface area contributed by atoms with Crippen molar-refractivity contribution in [1.29, 1.82) is 0 Å². The average Bonchev–Trinajstić information content (AvgIpc) is 2.84. The highest BCUT2D eigenvalue weighted by Crippen LogP contribution is 2.34. The van der Waals surface area contributed by atoms with Gasteiger partial charge in [-0.1, -0.05) is 6.07 Å². The molecule has 12 heteroatoms. The third kappa shape index (κ3) is 6.79. The third-order valence-corrected chi connectivity index (χ3v) is 5.95. The number of benzene rings is 2. The van der Waals surface area contributed by atoms with Crippen LogP contribution in [0.2, 0.25) is 0 Å². The lowest BCUT2D eigenvalue weighted by atomic mass is 9.95. The number of phenolic OH excluding ortho intramolecular Hbond substituents is 1. The monoisotopic (exact) mass is 610 g/mol. The largest absolute Gasteiger partial charge is 0.507 e. The van der Waals surface area contributed by atoms with E-state index in [1.807, 2.05) is 29.5 Å². The van der Waals surface area contributed by atoms with E-state index in [1.54, 1.807) is 43.3 Å². The highest BCUT2D eigenvalue weighted by atomic mass is 127. The van der Waals surface area contributed by atoms with E-state index in [2.05, 4.69) is 21.2 Å². The van der Waals surface area contributed by atoms with Crippen LogP contribution in [0.4, 0.5) is 4.79 Å². The number of ether oxygens (including phenoxy) is 3. The zero-order chi connectivity index (χ0) is 26.2. The fourth-order valence-electron chi connectivity index (χ4n) is 3.42. The minimum atomic E-state index is -1.12. The molecule has 0 radical (unpaired) electrons. The maximum absolute atomic E-state index is 12.3. The molecule has 3 rings (SSSR count). The van der Waals surface area contributed by atoms with E-state index in [9.17, 15) is 19.8 Å². The van der Waals surface area contributed by atoms with Crippen molar-refractivity contribution in [2.75, 3.05) is 20.3 Å². The SMILES string of the molecule is CCOc1cc([C@@H]2NC(=O)NC(C)=C2C(=O)OC)ccc1OC[C@H](O)N/N=C\c1ccc(O)c(I)c1. The fraction of sp³-hybridized carbons (Fsp3) is 0.292. The van der Waals surface area contributed by atoms with Crippen LogP contribution in [0.25, 0.3) is 0 Å². The maximum atomic E-state index is 12.3. The Hall–Kier alpha value is -3.52. The van der Waals surface area contributed by atoms with Gasteiger partial charge in [-0.25, -0.2) is 9.59 Å². The number of amides is 2. The highest BCUT2D eigenvalue weighted by molar-refractivity contribution is 14.1. The quantitative estimate of drug-likeness (QED) is 0.0906.